The Hall–Kier alpha value is -3.91. The predicted octanol–water partition coefficient (Wildman–Crippen LogP) is 5.79. The number of rotatable bonds is 11. The molecule has 0 saturated heterocycles. The molecular weight excluding hydrogens is 512 g/mol. The highest BCUT2D eigenvalue weighted by atomic mass is 79.9. The second-order valence-electron chi connectivity index (χ2n) is 7.27. The number of nitrogens with zero attached hydrogens (tertiary/aromatic N) is 1. The predicted molar refractivity (Wildman–Crippen MR) is 139 cm³/mol. The SMILES string of the molecule is C=CCOc1ccc(C(=O)N/N=C\c2cc(Br)ccc2OC(=O)c2ccc(OCCC)cc2)cc1. The highest BCUT2D eigenvalue weighted by molar-refractivity contribution is 9.10. The van der Waals surface area contributed by atoms with Crippen LogP contribution < -0.4 is 19.6 Å². The number of hydrogen-bond donors (Lipinski definition) is 1. The molecule has 1 N–H and O–H groups in total. The molecular formula is C27H25BrN2O5. The van der Waals surface area contributed by atoms with Crippen molar-refractivity contribution < 1.29 is 23.8 Å². The fraction of sp³-hybridized carbons (Fsp3) is 0.148. The van der Waals surface area contributed by atoms with Crippen LogP contribution in [0.25, 0.3) is 0 Å². The van der Waals surface area contributed by atoms with E-state index in [1.54, 1.807) is 72.8 Å². The largest absolute Gasteiger partial charge is 0.494 e. The van der Waals surface area contributed by atoms with Crippen molar-refractivity contribution >= 4 is 34.0 Å². The van der Waals surface area contributed by atoms with Crippen molar-refractivity contribution in [3.05, 3.63) is 101 Å². The molecule has 3 rings (SSSR count). The van der Waals surface area contributed by atoms with Crippen molar-refractivity contribution in [3.63, 3.8) is 0 Å². The molecule has 0 aliphatic carbocycles. The number of esters is 1. The second-order valence-corrected chi connectivity index (χ2v) is 8.18. The zero-order valence-corrected chi connectivity index (χ0v) is 20.8. The van der Waals surface area contributed by atoms with Crippen LogP contribution in [-0.2, 0) is 0 Å². The Balaban J connectivity index is 1.65. The third-order valence-corrected chi connectivity index (χ3v) is 5.08. The number of halogens is 1. The summed E-state index contributed by atoms with van der Waals surface area (Å²) in [6, 6.07) is 18.5. The minimum absolute atomic E-state index is 0.297. The molecule has 0 fully saturated rings. The van der Waals surface area contributed by atoms with Crippen molar-refractivity contribution in [3.8, 4) is 17.2 Å². The summed E-state index contributed by atoms with van der Waals surface area (Å²) in [4.78, 5) is 25.0. The van der Waals surface area contributed by atoms with E-state index < -0.39 is 11.9 Å². The summed E-state index contributed by atoms with van der Waals surface area (Å²) in [6.07, 6.45) is 3.95. The van der Waals surface area contributed by atoms with Gasteiger partial charge < -0.3 is 14.2 Å². The molecule has 0 atom stereocenters. The van der Waals surface area contributed by atoms with Crippen LogP contribution in [-0.4, -0.2) is 31.3 Å². The van der Waals surface area contributed by atoms with Crippen molar-refractivity contribution in [2.24, 2.45) is 5.10 Å². The van der Waals surface area contributed by atoms with Gasteiger partial charge in [-0.1, -0.05) is 35.5 Å². The van der Waals surface area contributed by atoms with Crippen LogP contribution in [0.4, 0.5) is 0 Å². The first-order valence-corrected chi connectivity index (χ1v) is 11.7. The molecule has 0 unspecified atom stereocenters. The van der Waals surface area contributed by atoms with Crippen molar-refractivity contribution in [2.45, 2.75) is 13.3 Å². The summed E-state index contributed by atoms with van der Waals surface area (Å²) < 4.78 is 17.3. The minimum atomic E-state index is -0.521. The Kier molecular flexibility index (Phi) is 9.62. The summed E-state index contributed by atoms with van der Waals surface area (Å²) in [6.45, 7) is 6.61. The first kappa shape index (κ1) is 25.7. The van der Waals surface area contributed by atoms with Crippen molar-refractivity contribution in [1.29, 1.82) is 0 Å². The Bertz CT molecular complexity index is 1190. The van der Waals surface area contributed by atoms with Gasteiger partial charge >= 0.3 is 5.97 Å². The van der Waals surface area contributed by atoms with Crippen molar-refractivity contribution in [2.75, 3.05) is 13.2 Å². The number of amides is 1. The average molecular weight is 537 g/mol. The molecule has 0 aliphatic rings. The smallest absolute Gasteiger partial charge is 0.343 e. The molecule has 1 amide bonds. The average Bonchev–Trinajstić information content (AvgIpc) is 2.88. The lowest BCUT2D eigenvalue weighted by Gasteiger charge is -2.09. The lowest BCUT2D eigenvalue weighted by Crippen LogP contribution is -2.17. The van der Waals surface area contributed by atoms with Crippen LogP contribution in [0.2, 0.25) is 0 Å². The maximum Gasteiger partial charge on any atom is 0.343 e. The first-order valence-electron chi connectivity index (χ1n) is 10.9. The van der Waals surface area contributed by atoms with E-state index in [1.807, 2.05) is 6.92 Å². The highest BCUT2D eigenvalue weighted by Gasteiger charge is 2.12. The van der Waals surface area contributed by atoms with E-state index in [0.29, 0.717) is 47.2 Å². The monoisotopic (exact) mass is 536 g/mol. The minimum Gasteiger partial charge on any atom is -0.494 e. The molecule has 35 heavy (non-hydrogen) atoms. The zero-order valence-electron chi connectivity index (χ0n) is 19.2. The van der Waals surface area contributed by atoms with Crippen LogP contribution in [0, 0.1) is 0 Å². The van der Waals surface area contributed by atoms with Gasteiger partial charge in [0.25, 0.3) is 5.91 Å². The van der Waals surface area contributed by atoms with E-state index in [2.05, 4.69) is 33.0 Å². The van der Waals surface area contributed by atoms with Gasteiger partial charge in [0.2, 0.25) is 0 Å². The standard InChI is InChI=1S/C27H25BrN2O5/c1-3-15-33-23-10-5-19(6-11-23)26(31)30-29-18-21-17-22(28)9-14-25(21)35-27(32)20-7-12-24(13-8-20)34-16-4-2/h3,5-14,17-18H,1,4,15-16H2,2H3,(H,30,31)/b29-18-. The Morgan fingerprint density at radius 1 is 0.971 bits per heavy atom. The number of carbonyl (C=O) groups excluding carboxylic acids is 2. The topological polar surface area (TPSA) is 86.2 Å². The van der Waals surface area contributed by atoms with Crippen molar-refractivity contribution in [1.82, 2.24) is 5.43 Å². The van der Waals surface area contributed by atoms with E-state index in [9.17, 15) is 9.59 Å². The molecule has 3 aromatic carbocycles. The Labute approximate surface area is 212 Å². The number of carbonyl (C=O) groups is 2. The lowest BCUT2D eigenvalue weighted by atomic mass is 10.2. The highest BCUT2D eigenvalue weighted by Crippen LogP contribution is 2.23. The van der Waals surface area contributed by atoms with Gasteiger partial charge in [-0.2, -0.15) is 5.10 Å². The number of hydrogen-bond acceptors (Lipinski definition) is 6. The van der Waals surface area contributed by atoms with Gasteiger partial charge in [-0.3, -0.25) is 4.79 Å². The normalized spacial score (nSPS) is 10.6. The summed E-state index contributed by atoms with van der Waals surface area (Å²) in [5.41, 5.74) is 3.77. The molecule has 0 heterocycles. The van der Waals surface area contributed by atoms with Crippen LogP contribution in [0.3, 0.4) is 0 Å². The molecule has 180 valence electrons. The molecule has 0 aliphatic heterocycles. The van der Waals surface area contributed by atoms with Gasteiger partial charge in [-0.05, 0) is 73.2 Å². The summed E-state index contributed by atoms with van der Waals surface area (Å²) >= 11 is 3.40. The van der Waals surface area contributed by atoms with E-state index in [0.717, 1.165) is 10.9 Å². The van der Waals surface area contributed by atoms with E-state index in [-0.39, 0.29) is 0 Å². The molecule has 8 heteroatoms. The Morgan fingerprint density at radius 2 is 1.63 bits per heavy atom. The van der Waals surface area contributed by atoms with Gasteiger partial charge in [0.05, 0.1) is 18.4 Å². The fourth-order valence-corrected chi connectivity index (χ4v) is 3.24. The maximum atomic E-state index is 12.6. The van der Waals surface area contributed by atoms with Crippen LogP contribution in [0.15, 0.2) is 89.0 Å². The van der Waals surface area contributed by atoms with Gasteiger partial charge in [0.1, 0.15) is 23.9 Å². The van der Waals surface area contributed by atoms with Crippen LogP contribution >= 0.6 is 15.9 Å². The van der Waals surface area contributed by atoms with Crippen LogP contribution in [0.1, 0.15) is 39.6 Å². The van der Waals surface area contributed by atoms with E-state index in [4.69, 9.17) is 14.2 Å². The maximum absolute atomic E-state index is 12.6. The quantitative estimate of drug-likeness (QED) is 0.110. The number of benzene rings is 3. The number of nitrogens with one attached hydrogen (secondary N) is 1. The first-order chi connectivity index (χ1) is 17.0. The third-order valence-electron chi connectivity index (χ3n) is 4.59. The summed E-state index contributed by atoms with van der Waals surface area (Å²) in [5, 5.41) is 4.01. The van der Waals surface area contributed by atoms with E-state index in [1.165, 1.54) is 6.21 Å². The molecule has 0 radical (unpaired) electrons. The molecule has 3 aromatic rings. The van der Waals surface area contributed by atoms with Gasteiger partial charge in [-0.15, -0.1) is 0 Å². The third kappa shape index (κ3) is 7.82. The van der Waals surface area contributed by atoms with Gasteiger partial charge in [-0.25, -0.2) is 10.2 Å². The van der Waals surface area contributed by atoms with Gasteiger partial charge in [0, 0.05) is 15.6 Å². The fourth-order valence-electron chi connectivity index (χ4n) is 2.86. The number of hydrazone groups is 1. The molecule has 7 nitrogen and oxygen atoms in total. The molecule has 0 spiro atoms. The summed E-state index contributed by atoms with van der Waals surface area (Å²) in [7, 11) is 0. The zero-order chi connectivity index (χ0) is 25.0. The van der Waals surface area contributed by atoms with E-state index >= 15 is 0 Å². The Morgan fingerprint density at radius 3 is 2.29 bits per heavy atom. The lowest BCUT2D eigenvalue weighted by molar-refractivity contribution is 0.0734. The van der Waals surface area contributed by atoms with Gasteiger partial charge in [0.15, 0.2) is 0 Å². The molecule has 0 bridgehead atoms. The molecule has 0 saturated carbocycles. The number of ether oxygens (including phenoxy) is 3. The second kappa shape index (κ2) is 13.1. The summed E-state index contributed by atoms with van der Waals surface area (Å²) in [5.74, 6) is 0.705. The van der Waals surface area contributed by atoms with Crippen LogP contribution in [0.5, 0.6) is 17.2 Å². The molecule has 0 aromatic heterocycles.